The zero-order valence-electron chi connectivity index (χ0n) is 7.30. The molecule has 0 aliphatic rings. The van der Waals surface area contributed by atoms with Crippen molar-refractivity contribution < 1.29 is 5.21 Å². The summed E-state index contributed by atoms with van der Waals surface area (Å²) >= 11 is 0. The van der Waals surface area contributed by atoms with Gasteiger partial charge in [0.1, 0.15) is 12.2 Å². The molecule has 0 atom stereocenters. The Morgan fingerprint density at radius 1 is 1.85 bits per heavy atom. The number of aromatic nitrogens is 3. The van der Waals surface area contributed by atoms with Gasteiger partial charge in [0.2, 0.25) is 5.96 Å². The van der Waals surface area contributed by atoms with E-state index in [1.807, 2.05) is 7.05 Å². The monoisotopic (exact) mass is 184 g/mol. The molecule has 0 aliphatic carbocycles. The smallest absolute Gasteiger partial charge is 0.212 e. The van der Waals surface area contributed by atoms with Gasteiger partial charge in [0.15, 0.2) is 0 Å². The molecule has 72 valence electrons. The maximum atomic E-state index is 8.31. The third-order valence-electron chi connectivity index (χ3n) is 1.54. The average molecular weight is 184 g/mol. The van der Waals surface area contributed by atoms with Crippen molar-refractivity contribution in [2.75, 3.05) is 6.54 Å². The number of hydrogen-bond acceptors (Lipinski definition) is 4. The summed E-state index contributed by atoms with van der Waals surface area (Å²) < 4.78 is 1.80. The van der Waals surface area contributed by atoms with Crippen molar-refractivity contribution in [3.8, 4) is 0 Å². The van der Waals surface area contributed by atoms with Crippen molar-refractivity contribution in [3.05, 3.63) is 12.2 Å². The Labute approximate surface area is 75.3 Å². The van der Waals surface area contributed by atoms with Gasteiger partial charge in [-0.1, -0.05) is 0 Å². The standard InChI is InChI=1S/C6H12N6O/c1-12-4-9-10-5(12)2-3-8-6(7)11-13/h4,13H,2-3H2,1H3,(H3,7,8,11). The van der Waals surface area contributed by atoms with Gasteiger partial charge in [0.05, 0.1) is 0 Å². The molecule has 0 aromatic carbocycles. The summed E-state index contributed by atoms with van der Waals surface area (Å²) in [6.45, 7) is 0.464. The molecule has 4 N–H and O–H groups in total. The lowest BCUT2D eigenvalue weighted by atomic mass is 10.4. The first-order valence-corrected chi connectivity index (χ1v) is 3.77. The molecule has 1 heterocycles. The van der Waals surface area contributed by atoms with Gasteiger partial charge < -0.3 is 10.3 Å². The summed E-state index contributed by atoms with van der Waals surface area (Å²) in [6, 6.07) is 0. The van der Waals surface area contributed by atoms with Crippen LogP contribution in [0.25, 0.3) is 0 Å². The minimum absolute atomic E-state index is 0.00201. The summed E-state index contributed by atoms with van der Waals surface area (Å²) in [5.74, 6) is 0.830. The van der Waals surface area contributed by atoms with E-state index in [1.165, 1.54) is 0 Å². The summed E-state index contributed by atoms with van der Waals surface area (Å²) in [7, 11) is 1.85. The molecule has 0 amide bonds. The predicted octanol–water partition coefficient (Wildman–Crippen LogP) is -1.35. The number of nitrogens with zero attached hydrogens (tertiary/aromatic N) is 4. The number of guanidine groups is 1. The number of hydroxylamine groups is 1. The number of rotatable bonds is 3. The third-order valence-corrected chi connectivity index (χ3v) is 1.54. The average Bonchev–Trinajstić information content (AvgIpc) is 2.52. The molecule has 0 radical (unpaired) electrons. The molecular formula is C6H12N6O. The molecule has 7 nitrogen and oxygen atoms in total. The van der Waals surface area contributed by atoms with Crippen LogP contribution in [0.5, 0.6) is 0 Å². The number of aliphatic imine (C=N–C) groups is 1. The maximum Gasteiger partial charge on any atom is 0.212 e. The van der Waals surface area contributed by atoms with Crippen LogP contribution in [0.4, 0.5) is 0 Å². The Kier molecular flexibility index (Phi) is 3.21. The van der Waals surface area contributed by atoms with E-state index in [0.717, 1.165) is 5.82 Å². The highest BCUT2D eigenvalue weighted by atomic mass is 16.5. The first-order chi connectivity index (χ1) is 6.24. The Hall–Kier alpha value is -1.63. The fourth-order valence-corrected chi connectivity index (χ4v) is 0.845. The van der Waals surface area contributed by atoms with Crippen LogP contribution in [0.1, 0.15) is 5.82 Å². The van der Waals surface area contributed by atoms with Gasteiger partial charge in [0, 0.05) is 20.0 Å². The summed E-state index contributed by atoms with van der Waals surface area (Å²) in [4.78, 5) is 3.81. The van der Waals surface area contributed by atoms with Crippen LogP contribution in [0, 0.1) is 0 Å². The lowest BCUT2D eigenvalue weighted by Crippen LogP contribution is -2.28. The minimum atomic E-state index is 0.00201. The van der Waals surface area contributed by atoms with Gasteiger partial charge in [0.25, 0.3) is 0 Å². The van der Waals surface area contributed by atoms with Gasteiger partial charge >= 0.3 is 0 Å². The number of nitrogens with one attached hydrogen (secondary N) is 1. The normalized spacial score (nSPS) is 11.7. The summed E-state index contributed by atoms with van der Waals surface area (Å²) in [5, 5.41) is 15.9. The zero-order valence-corrected chi connectivity index (χ0v) is 7.30. The Bertz CT molecular complexity index is 293. The molecule has 1 aromatic heterocycles. The third kappa shape index (κ3) is 2.71. The van der Waals surface area contributed by atoms with Crippen LogP contribution in [-0.4, -0.2) is 32.5 Å². The van der Waals surface area contributed by atoms with Crippen molar-refractivity contribution >= 4 is 5.96 Å². The Morgan fingerprint density at radius 3 is 3.15 bits per heavy atom. The van der Waals surface area contributed by atoms with Gasteiger partial charge in [-0.2, -0.15) is 0 Å². The fourth-order valence-electron chi connectivity index (χ4n) is 0.845. The molecule has 0 fully saturated rings. The van der Waals surface area contributed by atoms with Crippen LogP contribution in [-0.2, 0) is 13.5 Å². The van der Waals surface area contributed by atoms with E-state index in [4.69, 9.17) is 10.9 Å². The fraction of sp³-hybridized carbons (Fsp3) is 0.500. The second-order valence-corrected chi connectivity index (χ2v) is 2.49. The molecule has 0 aliphatic heterocycles. The van der Waals surface area contributed by atoms with E-state index in [0.29, 0.717) is 13.0 Å². The van der Waals surface area contributed by atoms with Crippen LogP contribution >= 0.6 is 0 Å². The van der Waals surface area contributed by atoms with Crippen molar-refractivity contribution in [2.45, 2.75) is 6.42 Å². The zero-order chi connectivity index (χ0) is 9.68. The number of nitrogens with two attached hydrogens (primary N) is 1. The topological polar surface area (TPSA) is 101 Å². The lowest BCUT2D eigenvalue weighted by molar-refractivity contribution is 0.232. The largest absolute Gasteiger partial charge is 0.368 e. The molecule has 13 heavy (non-hydrogen) atoms. The predicted molar refractivity (Wildman–Crippen MR) is 46.1 cm³/mol. The quantitative estimate of drug-likeness (QED) is 0.306. The molecular weight excluding hydrogens is 172 g/mol. The van der Waals surface area contributed by atoms with E-state index >= 15 is 0 Å². The SMILES string of the molecule is Cn1cnnc1CCN=C(N)NO. The highest BCUT2D eigenvalue weighted by molar-refractivity contribution is 5.76. The summed E-state index contributed by atoms with van der Waals surface area (Å²) in [6.07, 6.45) is 2.26. The highest BCUT2D eigenvalue weighted by Gasteiger charge is 1.98. The van der Waals surface area contributed by atoms with E-state index in [1.54, 1.807) is 16.4 Å². The van der Waals surface area contributed by atoms with Gasteiger partial charge in [-0.25, -0.2) is 5.48 Å². The molecule has 1 rings (SSSR count). The van der Waals surface area contributed by atoms with Crippen molar-refractivity contribution in [1.82, 2.24) is 20.2 Å². The van der Waals surface area contributed by atoms with Crippen molar-refractivity contribution in [1.29, 1.82) is 0 Å². The molecule has 0 saturated carbocycles. The Morgan fingerprint density at radius 2 is 2.62 bits per heavy atom. The van der Waals surface area contributed by atoms with Crippen LogP contribution in [0.15, 0.2) is 11.3 Å². The number of aryl methyl sites for hydroxylation is 1. The van der Waals surface area contributed by atoms with E-state index in [9.17, 15) is 0 Å². The van der Waals surface area contributed by atoms with Crippen molar-refractivity contribution in [2.24, 2.45) is 17.8 Å². The first kappa shape index (κ1) is 9.46. The molecule has 0 bridgehead atoms. The van der Waals surface area contributed by atoms with Gasteiger partial charge in [-0.15, -0.1) is 10.2 Å². The number of hydrogen-bond donors (Lipinski definition) is 3. The van der Waals surface area contributed by atoms with Gasteiger partial charge in [-0.3, -0.25) is 10.2 Å². The van der Waals surface area contributed by atoms with Crippen LogP contribution in [0.3, 0.4) is 0 Å². The minimum Gasteiger partial charge on any atom is -0.368 e. The summed E-state index contributed by atoms with van der Waals surface area (Å²) in [5.41, 5.74) is 6.94. The molecule has 1 aromatic rings. The second kappa shape index (κ2) is 4.41. The van der Waals surface area contributed by atoms with E-state index < -0.39 is 0 Å². The van der Waals surface area contributed by atoms with E-state index in [-0.39, 0.29) is 5.96 Å². The van der Waals surface area contributed by atoms with E-state index in [2.05, 4.69) is 15.2 Å². The first-order valence-electron chi connectivity index (χ1n) is 3.77. The van der Waals surface area contributed by atoms with Crippen LogP contribution < -0.4 is 11.2 Å². The second-order valence-electron chi connectivity index (χ2n) is 2.49. The lowest BCUT2D eigenvalue weighted by Gasteiger charge is -1.98. The molecule has 7 heteroatoms. The van der Waals surface area contributed by atoms with Crippen molar-refractivity contribution in [3.63, 3.8) is 0 Å². The Balaban J connectivity index is 2.40. The highest BCUT2D eigenvalue weighted by Crippen LogP contribution is 1.92. The van der Waals surface area contributed by atoms with Gasteiger partial charge in [-0.05, 0) is 0 Å². The van der Waals surface area contributed by atoms with Crippen LogP contribution in [0.2, 0.25) is 0 Å². The molecule has 0 saturated heterocycles. The molecule has 0 spiro atoms. The maximum absolute atomic E-state index is 8.31. The molecule has 0 unspecified atom stereocenters.